The molecule has 9 heteroatoms. The zero-order valence-corrected chi connectivity index (χ0v) is 16.6. The number of carbonyl (C=O) groups excluding carboxylic acids is 2. The molecule has 1 aromatic heterocycles. The van der Waals surface area contributed by atoms with Gasteiger partial charge >= 0.3 is 0 Å². The third-order valence-corrected chi connectivity index (χ3v) is 4.77. The van der Waals surface area contributed by atoms with Gasteiger partial charge in [0.1, 0.15) is 5.82 Å². The molecule has 1 aromatic carbocycles. The minimum atomic E-state index is -0.365. The number of benzene rings is 1. The maximum atomic E-state index is 13.0. The largest absolute Gasteiger partial charge is 0.332 e. The fraction of sp³-hybridized carbons (Fsp3) is 0.421. The Morgan fingerprint density at radius 3 is 2.43 bits per heavy atom. The molecule has 0 unspecified atom stereocenters. The molecule has 0 radical (unpaired) electrons. The van der Waals surface area contributed by atoms with E-state index in [0.717, 1.165) is 0 Å². The van der Waals surface area contributed by atoms with Gasteiger partial charge in [-0.05, 0) is 31.2 Å². The van der Waals surface area contributed by atoms with Crippen LogP contribution in [0.15, 0.2) is 30.5 Å². The Kier molecular flexibility index (Phi) is 8.60. The van der Waals surface area contributed by atoms with E-state index in [-0.39, 0.29) is 55.6 Å². The molecule has 1 saturated heterocycles. The van der Waals surface area contributed by atoms with Crippen molar-refractivity contribution in [2.45, 2.75) is 20.4 Å². The van der Waals surface area contributed by atoms with Crippen molar-refractivity contribution in [2.24, 2.45) is 7.05 Å². The SMILES string of the molecule is C.C[C@@H]1CN(CC(=O)c2ccc(F)cc2)CCN1C(=O)c1nn(C)cc1Cl.Cl. The van der Waals surface area contributed by atoms with Crippen LogP contribution in [-0.2, 0) is 7.05 Å². The van der Waals surface area contributed by atoms with Crippen LogP contribution >= 0.6 is 24.0 Å². The number of piperazine rings is 1. The summed E-state index contributed by atoms with van der Waals surface area (Å²) in [6, 6.07) is 5.47. The van der Waals surface area contributed by atoms with E-state index in [2.05, 4.69) is 5.10 Å². The van der Waals surface area contributed by atoms with Gasteiger partial charge in [-0.25, -0.2) is 4.39 Å². The van der Waals surface area contributed by atoms with Crippen molar-refractivity contribution in [3.05, 3.63) is 52.6 Å². The smallest absolute Gasteiger partial charge is 0.276 e. The van der Waals surface area contributed by atoms with Gasteiger partial charge in [0.2, 0.25) is 0 Å². The van der Waals surface area contributed by atoms with Gasteiger partial charge in [-0.15, -0.1) is 12.4 Å². The van der Waals surface area contributed by atoms with Crippen LogP contribution in [0.1, 0.15) is 35.2 Å². The second-order valence-electron chi connectivity index (χ2n) is 6.51. The number of nitrogens with zero attached hydrogens (tertiary/aromatic N) is 4. The molecule has 1 fully saturated rings. The number of amides is 1. The summed E-state index contributed by atoms with van der Waals surface area (Å²) < 4.78 is 14.5. The number of carbonyl (C=O) groups is 2. The number of ketones is 1. The number of hydrogen-bond acceptors (Lipinski definition) is 4. The van der Waals surface area contributed by atoms with Crippen LogP contribution in [0.25, 0.3) is 0 Å². The standard InChI is InChI=1S/C18H20ClFN4O2.CH4.ClH/c1-12-9-23(11-16(25)13-3-5-14(20)6-4-13)7-8-24(12)18(26)17-15(19)10-22(2)21-17;;/h3-6,10,12H,7-9,11H2,1-2H3;1H4;1H/t12-;;/m1../s1. The first kappa shape index (κ1) is 24.1. The van der Waals surface area contributed by atoms with E-state index >= 15 is 0 Å². The molecule has 1 aliphatic heterocycles. The predicted octanol–water partition coefficient (Wildman–Crippen LogP) is 3.30. The van der Waals surface area contributed by atoms with Crippen molar-refractivity contribution < 1.29 is 14.0 Å². The van der Waals surface area contributed by atoms with Gasteiger partial charge in [0.25, 0.3) is 5.91 Å². The highest BCUT2D eigenvalue weighted by atomic mass is 35.5. The summed E-state index contributed by atoms with van der Waals surface area (Å²) >= 11 is 6.07. The summed E-state index contributed by atoms with van der Waals surface area (Å²) in [5, 5.41) is 4.46. The van der Waals surface area contributed by atoms with Crippen molar-refractivity contribution in [3.8, 4) is 0 Å². The zero-order chi connectivity index (χ0) is 18.8. The van der Waals surface area contributed by atoms with E-state index in [1.807, 2.05) is 11.8 Å². The molecule has 1 atom stereocenters. The Bertz CT molecular complexity index is 826. The molecule has 0 bridgehead atoms. The highest BCUT2D eigenvalue weighted by Gasteiger charge is 2.31. The van der Waals surface area contributed by atoms with Crippen molar-refractivity contribution in [1.82, 2.24) is 19.6 Å². The predicted molar refractivity (Wildman–Crippen MR) is 110 cm³/mol. The number of rotatable bonds is 4. The molecule has 0 saturated carbocycles. The van der Waals surface area contributed by atoms with Crippen molar-refractivity contribution in [1.29, 1.82) is 0 Å². The molecule has 1 amide bonds. The Balaban J connectivity index is 0.00000196. The lowest BCUT2D eigenvalue weighted by molar-refractivity contribution is 0.0477. The van der Waals surface area contributed by atoms with E-state index in [9.17, 15) is 14.0 Å². The Morgan fingerprint density at radius 2 is 1.89 bits per heavy atom. The summed E-state index contributed by atoms with van der Waals surface area (Å²) in [5.41, 5.74) is 0.731. The molecule has 28 heavy (non-hydrogen) atoms. The van der Waals surface area contributed by atoms with E-state index in [0.29, 0.717) is 30.2 Å². The van der Waals surface area contributed by atoms with Crippen LogP contribution in [0.5, 0.6) is 0 Å². The maximum Gasteiger partial charge on any atom is 0.276 e. The number of hydrogen-bond donors (Lipinski definition) is 0. The minimum absolute atomic E-state index is 0. The van der Waals surface area contributed by atoms with Gasteiger partial charge in [0.15, 0.2) is 11.5 Å². The van der Waals surface area contributed by atoms with Gasteiger partial charge in [0, 0.05) is 44.5 Å². The highest BCUT2D eigenvalue weighted by molar-refractivity contribution is 6.33. The maximum absolute atomic E-state index is 13.0. The molecule has 0 N–H and O–H groups in total. The van der Waals surface area contributed by atoms with Crippen LogP contribution in [0.2, 0.25) is 5.02 Å². The average molecular weight is 431 g/mol. The number of Topliss-reactive ketones (excluding diaryl/α,β-unsaturated/α-hetero) is 1. The number of halogens is 3. The Labute approximate surface area is 175 Å². The van der Waals surface area contributed by atoms with E-state index in [4.69, 9.17) is 11.6 Å². The molecule has 1 aliphatic rings. The van der Waals surface area contributed by atoms with E-state index < -0.39 is 0 Å². The summed E-state index contributed by atoms with van der Waals surface area (Å²) in [6.45, 7) is 3.81. The second-order valence-corrected chi connectivity index (χ2v) is 6.92. The molecule has 3 rings (SSSR count). The van der Waals surface area contributed by atoms with E-state index in [1.165, 1.54) is 28.9 Å². The zero-order valence-electron chi connectivity index (χ0n) is 15.1. The summed E-state index contributed by atoms with van der Waals surface area (Å²) in [4.78, 5) is 28.7. The summed E-state index contributed by atoms with van der Waals surface area (Å²) in [6.07, 6.45) is 1.59. The van der Waals surface area contributed by atoms with E-state index in [1.54, 1.807) is 18.1 Å². The van der Waals surface area contributed by atoms with Gasteiger partial charge in [0.05, 0.1) is 11.6 Å². The molecule has 2 aromatic rings. The van der Waals surface area contributed by atoms with Gasteiger partial charge in [-0.1, -0.05) is 19.0 Å². The van der Waals surface area contributed by atoms with Crippen molar-refractivity contribution in [3.63, 3.8) is 0 Å². The third-order valence-electron chi connectivity index (χ3n) is 4.49. The monoisotopic (exact) mass is 430 g/mol. The number of aryl methyl sites for hydroxylation is 1. The Hall–Kier alpha value is -1.96. The molecule has 2 heterocycles. The van der Waals surface area contributed by atoms with Gasteiger partial charge in [-0.2, -0.15) is 5.10 Å². The first-order valence-electron chi connectivity index (χ1n) is 8.36. The van der Waals surface area contributed by atoms with Crippen LogP contribution < -0.4 is 0 Å². The summed E-state index contributed by atoms with van der Waals surface area (Å²) in [5.74, 6) is -0.632. The lowest BCUT2D eigenvalue weighted by Gasteiger charge is -2.39. The fourth-order valence-electron chi connectivity index (χ4n) is 3.15. The number of aromatic nitrogens is 2. The van der Waals surface area contributed by atoms with Crippen LogP contribution in [0.4, 0.5) is 4.39 Å². The second kappa shape index (κ2) is 10.0. The quantitative estimate of drug-likeness (QED) is 0.698. The van der Waals surface area contributed by atoms with Crippen LogP contribution in [-0.4, -0.2) is 63.5 Å². The molecular formula is C19H25Cl2FN4O2. The lowest BCUT2D eigenvalue weighted by atomic mass is 10.1. The van der Waals surface area contributed by atoms with Crippen molar-refractivity contribution in [2.75, 3.05) is 26.2 Å². The lowest BCUT2D eigenvalue weighted by Crippen LogP contribution is -2.55. The molecule has 0 spiro atoms. The molecule has 6 nitrogen and oxygen atoms in total. The molecular weight excluding hydrogens is 406 g/mol. The molecule has 154 valence electrons. The first-order valence-corrected chi connectivity index (χ1v) is 8.74. The highest BCUT2D eigenvalue weighted by Crippen LogP contribution is 2.19. The topological polar surface area (TPSA) is 58.4 Å². The Morgan fingerprint density at radius 1 is 1.25 bits per heavy atom. The summed E-state index contributed by atoms with van der Waals surface area (Å²) in [7, 11) is 1.71. The average Bonchev–Trinajstić information content (AvgIpc) is 2.93. The first-order chi connectivity index (χ1) is 12.3. The van der Waals surface area contributed by atoms with Crippen molar-refractivity contribution >= 4 is 35.7 Å². The van der Waals surface area contributed by atoms with Gasteiger partial charge < -0.3 is 4.90 Å². The fourth-order valence-corrected chi connectivity index (χ4v) is 3.41. The normalized spacial score (nSPS) is 16.9. The third kappa shape index (κ3) is 5.31. The van der Waals surface area contributed by atoms with Crippen LogP contribution in [0.3, 0.4) is 0 Å². The minimum Gasteiger partial charge on any atom is -0.332 e. The van der Waals surface area contributed by atoms with Crippen LogP contribution in [0, 0.1) is 5.82 Å². The molecule has 0 aliphatic carbocycles. The van der Waals surface area contributed by atoms with Gasteiger partial charge in [-0.3, -0.25) is 19.2 Å².